The largest absolute Gasteiger partial charge is 0.399 e. The van der Waals surface area contributed by atoms with Crippen molar-refractivity contribution in [3.63, 3.8) is 0 Å². The van der Waals surface area contributed by atoms with E-state index in [0.29, 0.717) is 12.1 Å². The maximum absolute atomic E-state index is 12.2. The van der Waals surface area contributed by atoms with E-state index in [1.54, 1.807) is 0 Å². The second-order valence-electron chi connectivity index (χ2n) is 9.33. The minimum atomic E-state index is -0.0422. The van der Waals surface area contributed by atoms with Crippen LogP contribution in [0.4, 0.5) is 11.4 Å². The fourth-order valence-electron chi connectivity index (χ4n) is 5.10. The Morgan fingerprint density at radius 2 is 1.53 bits per heavy atom. The SMILES string of the molecule is CCNC(=O)c1ccc(CC2C/C=C(/c3ccccc3)c3cc(N)ccc3-c3ccc(N)cc32)cc1. The summed E-state index contributed by atoms with van der Waals surface area (Å²) in [6.07, 6.45) is 4.04. The molecular formula is C32H31N3O. The summed E-state index contributed by atoms with van der Waals surface area (Å²) in [5, 5.41) is 2.86. The third kappa shape index (κ3) is 4.76. The highest BCUT2D eigenvalue weighted by Crippen LogP contribution is 2.43. The molecule has 0 bridgehead atoms. The number of nitrogens with one attached hydrogen (secondary N) is 1. The van der Waals surface area contributed by atoms with Crippen molar-refractivity contribution in [3.05, 3.63) is 125 Å². The van der Waals surface area contributed by atoms with Gasteiger partial charge in [0.1, 0.15) is 0 Å². The highest BCUT2D eigenvalue weighted by molar-refractivity contribution is 5.94. The Hall–Kier alpha value is -4.31. The topological polar surface area (TPSA) is 81.1 Å². The Bertz CT molecular complexity index is 1420. The molecular weight excluding hydrogens is 442 g/mol. The maximum atomic E-state index is 12.2. The first kappa shape index (κ1) is 23.4. The minimum absolute atomic E-state index is 0.0422. The molecule has 1 aliphatic carbocycles. The molecule has 180 valence electrons. The molecule has 36 heavy (non-hydrogen) atoms. The van der Waals surface area contributed by atoms with Crippen molar-refractivity contribution in [1.82, 2.24) is 5.32 Å². The van der Waals surface area contributed by atoms with Gasteiger partial charge in [-0.05, 0) is 101 Å². The van der Waals surface area contributed by atoms with Crippen LogP contribution in [-0.2, 0) is 6.42 Å². The number of hydrogen-bond acceptors (Lipinski definition) is 3. The predicted molar refractivity (Wildman–Crippen MR) is 150 cm³/mol. The van der Waals surface area contributed by atoms with Gasteiger partial charge in [-0.2, -0.15) is 0 Å². The quantitative estimate of drug-likeness (QED) is 0.292. The zero-order valence-electron chi connectivity index (χ0n) is 20.5. The van der Waals surface area contributed by atoms with Gasteiger partial charge in [0.2, 0.25) is 0 Å². The summed E-state index contributed by atoms with van der Waals surface area (Å²) in [6.45, 7) is 2.54. The lowest BCUT2D eigenvalue weighted by Gasteiger charge is -2.26. The van der Waals surface area contributed by atoms with Gasteiger partial charge in [-0.1, -0.05) is 60.7 Å². The number of benzene rings is 4. The number of anilines is 2. The van der Waals surface area contributed by atoms with Crippen molar-refractivity contribution in [2.24, 2.45) is 0 Å². The Kier molecular flexibility index (Phi) is 6.59. The van der Waals surface area contributed by atoms with Crippen LogP contribution in [-0.4, -0.2) is 12.5 Å². The molecule has 5 N–H and O–H groups in total. The lowest BCUT2D eigenvalue weighted by Crippen LogP contribution is -2.22. The number of nitrogens with two attached hydrogens (primary N) is 2. The first-order valence-electron chi connectivity index (χ1n) is 12.5. The molecule has 0 aromatic heterocycles. The van der Waals surface area contributed by atoms with Crippen LogP contribution < -0.4 is 16.8 Å². The molecule has 0 spiro atoms. The zero-order chi connectivity index (χ0) is 25.1. The van der Waals surface area contributed by atoms with Gasteiger partial charge in [0, 0.05) is 23.5 Å². The van der Waals surface area contributed by atoms with E-state index in [0.717, 1.165) is 35.3 Å². The van der Waals surface area contributed by atoms with Gasteiger partial charge in [-0.15, -0.1) is 0 Å². The van der Waals surface area contributed by atoms with Gasteiger partial charge in [0.15, 0.2) is 0 Å². The highest BCUT2D eigenvalue weighted by Gasteiger charge is 2.23. The molecule has 1 aliphatic rings. The molecule has 1 unspecified atom stereocenters. The van der Waals surface area contributed by atoms with Crippen LogP contribution in [0.25, 0.3) is 16.7 Å². The summed E-state index contributed by atoms with van der Waals surface area (Å²) >= 11 is 0. The van der Waals surface area contributed by atoms with Crippen molar-refractivity contribution >= 4 is 22.9 Å². The Morgan fingerprint density at radius 1 is 0.833 bits per heavy atom. The van der Waals surface area contributed by atoms with E-state index in [1.807, 2.05) is 37.3 Å². The van der Waals surface area contributed by atoms with Crippen LogP contribution in [0.1, 0.15) is 51.9 Å². The van der Waals surface area contributed by atoms with E-state index in [2.05, 4.69) is 72.1 Å². The van der Waals surface area contributed by atoms with Gasteiger partial charge in [0.25, 0.3) is 5.91 Å². The summed E-state index contributed by atoms with van der Waals surface area (Å²) in [5.74, 6) is 0.183. The summed E-state index contributed by atoms with van der Waals surface area (Å²) in [4.78, 5) is 12.2. The van der Waals surface area contributed by atoms with Crippen molar-refractivity contribution in [2.75, 3.05) is 18.0 Å². The molecule has 0 radical (unpaired) electrons. The summed E-state index contributed by atoms with van der Waals surface area (Å²) in [6, 6.07) is 30.8. The molecule has 5 rings (SSSR count). The second-order valence-corrected chi connectivity index (χ2v) is 9.33. The molecule has 0 saturated heterocycles. The first-order valence-corrected chi connectivity index (χ1v) is 12.5. The average Bonchev–Trinajstić information content (AvgIpc) is 2.89. The zero-order valence-corrected chi connectivity index (χ0v) is 20.5. The lowest BCUT2D eigenvalue weighted by molar-refractivity contribution is 0.0956. The van der Waals surface area contributed by atoms with Crippen molar-refractivity contribution < 1.29 is 4.79 Å². The molecule has 1 atom stereocenters. The molecule has 0 saturated carbocycles. The van der Waals surface area contributed by atoms with Crippen molar-refractivity contribution in [1.29, 1.82) is 0 Å². The fourth-order valence-corrected chi connectivity index (χ4v) is 5.10. The number of carbonyl (C=O) groups excluding carboxylic acids is 1. The monoisotopic (exact) mass is 473 g/mol. The Balaban J connectivity index is 1.60. The predicted octanol–water partition coefficient (Wildman–Crippen LogP) is 6.43. The first-order chi connectivity index (χ1) is 17.5. The molecule has 4 nitrogen and oxygen atoms in total. The van der Waals surface area contributed by atoms with E-state index in [9.17, 15) is 4.79 Å². The molecule has 4 aromatic carbocycles. The van der Waals surface area contributed by atoms with E-state index in [1.165, 1.54) is 27.8 Å². The van der Waals surface area contributed by atoms with Crippen LogP contribution >= 0.6 is 0 Å². The fraction of sp³-hybridized carbons (Fsp3) is 0.156. The van der Waals surface area contributed by atoms with Gasteiger partial charge in [-0.25, -0.2) is 0 Å². The van der Waals surface area contributed by atoms with Crippen molar-refractivity contribution in [2.45, 2.75) is 25.7 Å². The number of nitrogen functional groups attached to an aromatic ring is 2. The number of rotatable bonds is 5. The number of fused-ring (bicyclic) bond motifs is 3. The van der Waals surface area contributed by atoms with E-state index < -0.39 is 0 Å². The highest BCUT2D eigenvalue weighted by atomic mass is 16.1. The Labute approximate surface area is 212 Å². The molecule has 4 aromatic rings. The normalized spacial score (nSPS) is 16.0. The lowest BCUT2D eigenvalue weighted by atomic mass is 9.78. The average molecular weight is 474 g/mol. The minimum Gasteiger partial charge on any atom is -0.399 e. The van der Waals surface area contributed by atoms with Crippen LogP contribution in [0.2, 0.25) is 0 Å². The van der Waals surface area contributed by atoms with Crippen LogP contribution in [0, 0.1) is 0 Å². The van der Waals surface area contributed by atoms with Gasteiger partial charge < -0.3 is 16.8 Å². The van der Waals surface area contributed by atoms with E-state index >= 15 is 0 Å². The van der Waals surface area contributed by atoms with Gasteiger partial charge in [-0.3, -0.25) is 4.79 Å². The molecule has 0 heterocycles. The second kappa shape index (κ2) is 10.1. The smallest absolute Gasteiger partial charge is 0.251 e. The molecule has 0 fully saturated rings. The molecule has 4 heteroatoms. The summed E-state index contributed by atoms with van der Waals surface area (Å²) in [7, 11) is 0. The Morgan fingerprint density at radius 3 is 2.25 bits per heavy atom. The summed E-state index contributed by atoms with van der Waals surface area (Å²) in [5.41, 5.74) is 23.0. The third-order valence-corrected chi connectivity index (χ3v) is 6.87. The van der Waals surface area contributed by atoms with E-state index in [-0.39, 0.29) is 11.8 Å². The number of hydrogen-bond donors (Lipinski definition) is 3. The van der Waals surface area contributed by atoms with Gasteiger partial charge >= 0.3 is 0 Å². The van der Waals surface area contributed by atoms with Gasteiger partial charge in [0.05, 0.1) is 0 Å². The molecule has 0 aliphatic heterocycles. The number of amides is 1. The van der Waals surface area contributed by atoms with Crippen LogP contribution in [0.15, 0.2) is 97.1 Å². The standard InChI is InChI=1S/C32H31N3O/c1-2-35-32(36)23-10-8-21(9-11-23)18-24-12-15-27(22-6-4-3-5-7-22)31-20-26(34)14-17-29(31)28-16-13-25(33)19-30(24)28/h3-11,13-17,19-20,24H,2,12,18,33-34H2,1H3,(H,35,36)/b27-15-. The maximum Gasteiger partial charge on any atom is 0.251 e. The number of carbonyl (C=O) groups is 1. The van der Waals surface area contributed by atoms with Crippen molar-refractivity contribution in [3.8, 4) is 11.1 Å². The number of allylic oxidation sites excluding steroid dienone is 1. The van der Waals surface area contributed by atoms with E-state index in [4.69, 9.17) is 11.5 Å². The molecule has 1 amide bonds. The third-order valence-electron chi connectivity index (χ3n) is 6.87. The van der Waals surface area contributed by atoms with Crippen LogP contribution in [0.5, 0.6) is 0 Å². The summed E-state index contributed by atoms with van der Waals surface area (Å²) < 4.78 is 0. The van der Waals surface area contributed by atoms with Crippen LogP contribution in [0.3, 0.4) is 0 Å².